The summed E-state index contributed by atoms with van der Waals surface area (Å²) in [7, 11) is 0. The number of carbonyl (C=O) groups excluding carboxylic acids is 1. The molecule has 1 fully saturated rings. The molecule has 0 N–H and O–H groups in total. The molecule has 3 rings (SSSR count). The minimum Gasteiger partial charge on any atom is -0.435 e. The molecule has 0 radical (unpaired) electrons. The van der Waals surface area contributed by atoms with Crippen molar-refractivity contribution in [3.05, 3.63) is 77.8 Å². The van der Waals surface area contributed by atoms with Gasteiger partial charge < -0.3 is 9.64 Å². The summed E-state index contributed by atoms with van der Waals surface area (Å²) < 4.78 is 41.5. The molecular formula is C21H21F3N2O2. The molecule has 28 heavy (non-hydrogen) atoms. The van der Waals surface area contributed by atoms with Crippen LogP contribution in [0.5, 0.6) is 5.75 Å². The number of allylic oxidation sites excluding steroid dienone is 1. The van der Waals surface area contributed by atoms with Crippen LogP contribution in [-0.4, -0.2) is 48.4 Å². The maximum Gasteiger partial charge on any atom is 0.387 e. The highest BCUT2D eigenvalue weighted by atomic mass is 19.3. The quantitative estimate of drug-likeness (QED) is 0.530. The van der Waals surface area contributed by atoms with Gasteiger partial charge in [-0.25, -0.2) is 4.39 Å². The number of hydrogen-bond acceptors (Lipinski definition) is 4. The SMILES string of the molecule is O=C(C=CN1CCN(Cc2ccc(F)cc2)CC1)c1ccc(OC(F)F)cc1. The van der Waals surface area contributed by atoms with Crippen molar-refractivity contribution in [2.24, 2.45) is 0 Å². The molecule has 1 aliphatic heterocycles. The zero-order valence-electron chi connectivity index (χ0n) is 15.2. The molecule has 7 heteroatoms. The number of ketones is 1. The molecule has 0 bridgehead atoms. The Morgan fingerprint density at radius 3 is 2.25 bits per heavy atom. The highest BCUT2D eigenvalue weighted by molar-refractivity contribution is 6.04. The van der Waals surface area contributed by atoms with Crippen molar-refractivity contribution in [1.82, 2.24) is 9.80 Å². The highest BCUT2D eigenvalue weighted by Gasteiger charge is 2.15. The second-order valence-corrected chi connectivity index (χ2v) is 6.52. The first-order chi connectivity index (χ1) is 13.5. The first kappa shape index (κ1) is 19.9. The zero-order valence-corrected chi connectivity index (χ0v) is 15.2. The average molecular weight is 390 g/mol. The van der Waals surface area contributed by atoms with Gasteiger partial charge in [-0.2, -0.15) is 8.78 Å². The fourth-order valence-electron chi connectivity index (χ4n) is 2.99. The van der Waals surface area contributed by atoms with Crippen molar-refractivity contribution in [2.75, 3.05) is 26.2 Å². The molecule has 2 aromatic rings. The molecule has 1 saturated heterocycles. The van der Waals surface area contributed by atoms with E-state index in [0.717, 1.165) is 38.3 Å². The number of rotatable bonds is 7. The third kappa shape index (κ3) is 5.85. The Bertz CT molecular complexity index is 799. The number of hydrogen-bond donors (Lipinski definition) is 0. The maximum atomic E-state index is 13.0. The van der Waals surface area contributed by atoms with E-state index in [0.29, 0.717) is 5.56 Å². The Kier molecular flexibility index (Phi) is 6.71. The summed E-state index contributed by atoms with van der Waals surface area (Å²) in [4.78, 5) is 16.6. The van der Waals surface area contributed by atoms with E-state index in [1.807, 2.05) is 0 Å². The van der Waals surface area contributed by atoms with Crippen molar-refractivity contribution in [1.29, 1.82) is 0 Å². The molecule has 0 aromatic heterocycles. The fourth-order valence-corrected chi connectivity index (χ4v) is 2.99. The van der Waals surface area contributed by atoms with Crippen LogP contribution >= 0.6 is 0 Å². The molecule has 148 valence electrons. The van der Waals surface area contributed by atoms with Crippen molar-refractivity contribution in [3.8, 4) is 5.75 Å². The Labute approximate surface area is 161 Å². The van der Waals surface area contributed by atoms with Gasteiger partial charge in [-0.1, -0.05) is 12.1 Å². The summed E-state index contributed by atoms with van der Waals surface area (Å²) in [5, 5.41) is 0. The van der Waals surface area contributed by atoms with Gasteiger partial charge in [0.05, 0.1) is 0 Å². The number of benzene rings is 2. The van der Waals surface area contributed by atoms with Gasteiger partial charge in [0.2, 0.25) is 0 Å². The Morgan fingerprint density at radius 1 is 1.00 bits per heavy atom. The summed E-state index contributed by atoms with van der Waals surface area (Å²) in [5.41, 5.74) is 1.48. The van der Waals surface area contributed by atoms with E-state index in [9.17, 15) is 18.0 Å². The molecular weight excluding hydrogens is 369 g/mol. The lowest BCUT2D eigenvalue weighted by Gasteiger charge is -2.34. The van der Waals surface area contributed by atoms with E-state index in [1.165, 1.54) is 42.5 Å². The molecule has 0 saturated carbocycles. The second kappa shape index (κ2) is 9.41. The van der Waals surface area contributed by atoms with E-state index in [2.05, 4.69) is 14.5 Å². The summed E-state index contributed by atoms with van der Waals surface area (Å²) in [5.74, 6) is -0.412. The largest absolute Gasteiger partial charge is 0.435 e. The van der Waals surface area contributed by atoms with Gasteiger partial charge in [0.25, 0.3) is 0 Å². The minimum atomic E-state index is -2.89. The third-order valence-corrected chi connectivity index (χ3v) is 4.53. The molecule has 4 nitrogen and oxygen atoms in total. The summed E-state index contributed by atoms with van der Waals surface area (Å²) >= 11 is 0. The standard InChI is InChI=1S/C21H21F3N2O2/c22-18-5-1-16(2-6-18)15-26-13-11-25(12-14-26)10-9-20(27)17-3-7-19(8-4-17)28-21(23)24/h1-10,21H,11-15H2. The van der Waals surface area contributed by atoms with Crippen LogP contribution in [0.1, 0.15) is 15.9 Å². The van der Waals surface area contributed by atoms with Crippen molar-refractivity contribution >= 4 is 5.78 Å². The lowest BCUT2D eigenvalue weighted by molar-refractivity contribution is -0.0498. The number of carbonyl (C=O) groups is 1. The van der Waals surface area contributed by atoms with E-state index in [4.69, 9.17) is 0 Å². The van der Waals surface area contributed by atoms with Crippen LogP contribution in [0.15, 0.2) is 60.8 Å². The topological polar surface area (TPSA) is 32.8 Å². The number of ether oxygens (including phenoxy) is 1. The summed E-state index contributed by atoms with van der Waals surface area (Å²) in [6.45, 7) is 1.14. The molecule has 0 aliphatic carbocycles. The van der Waals surface area contributed by atoms with E-state index >= 15 is 0 Å². The maximum absolute atomic E-state index is 13.0. The predicted octanol–water partition coefficient (Wildman–Crippen LogP) is 3.94. The second-order valence-electron chi connectivity index (χ2n) is 6.52. The molecule has 0 atom stereocenters. The lowest BCUT2D eigenvalue weighted by atomic mass is 10.1. The number of alkyl halides is 2. The van der Waals surface area contributed by atoms with Crippen molar-refractivity contribution in [3.63, 3.8) is 0 Å². The van der Waals surface area contributed by atoms with Gasteiger partial charge in [-0.3, -0.25) is 9.69 Å². The number of piperazine rings is 1. The van der Waals surface area contributed by atoms with Gasteiger partial charge in [0.15, 0.2) is 5.78 Å². The van der Waals surface area contributed by atoms with Crippen LogP contribution in [0.3, 0.4) is 0 Å². The van der Waals surface area contributed by atoms with E-state index in [-0.39, 0.29) is 17.3 Å². The Balaban J connectivity index is 1.46. The van der Waals surface area contributed by atoms with Crippen LogP contribution in [-0.2, 0) is 6.54 Å². The smallest absolute Gasteiger partial charge is 0.387 e. The minimum absolute atomic E-state index is 0.0211. The average Bonchev–Trinajstić information content (AvgIpc) is 2.69. The first-order valence-corrected chi connectivity index (χ1v) is 8.98. The lowest BCUT2D eigenvalue weighted by Crippen LogP contribution is -2.43. The van der Waals surface area contributed by atoms with Gasteiger partial charge in [0, 0.05) is 50.6 Å². The molecule has 2 aromatic carbocycles. The van der Waals surface area contributed by atoms with E-state index in [1.54, 1.807) is 18.3 Å². The third-order valence-electron chi connectivity index (χ3n) is 4.53. The number of halogens is 3. The molecule has 1 aliphatic rings. The zero-order chi connectivity index (χ0) is 19.9. The molecule has 1 heterocycles. The Hall–Kier alpha value is -2.80. The van der Waals surface area contributed by atoms with Gasteiger partial charge in [-0.05, 0) is 42.0 Å². The fraction of sp³-hybridized carbons (Fsp3) is 0.286. The van der Waals surface area contributed by atoms with E-state index < -0.39 is 6.61 Å². The summed E-state index contributed by atoms with van der Waals surface area (Å²) in [6.07, 6.45) is 3.25. The van der Waals surface area contributed by atoms with Crippen LogP contribution in [0.4, 0.5) is 13.2 Å². The monoisotopic (exact) mass is 390 g/mol. The van der Waals surface area contributed by atoms with Crippen molar-refractivity contribution in [2.45, 2.75) is 13.2 Å². The summed E-state index contributed by atoms with van der Waals surface area (Å²) in [6, 6.07) is 12.1. The van der Waals surface area contributed by atoms with Gasteiger partial charge >= 0.3 is 6.61 Å². The number of nitrogens with zero attached hydrogens (tertiary/aromatic N) is 2. The first-order valence-electron chi connectivity index (χ1n) is 8.98. The van der Waals surface area contributed by atoms with Crippen molar-refractivity contribution < 1.29 is 22.7 Å². The Morgan fingerprint density at radius 2 is 1.64 bits per heavy atom. The molecule has 0 amide bonds. The van der Waals surface area contributed by atoms with Gasteiger partial charge in [0.1, 0.15) is 11.6 Å². The van der Waals surface area contributed by atoms with Crippen LogP contribution in [0.2, 0.25) is 0 Å². The molecule has 0 spiro atoms. The highest BCUT2D eigenvalue weighted by Crippen LogP contribution is 2.16. The predicted molar refractivity (Wildman–Crippen MR) is 99.8 cm³/mol. The van der Waals surface area contributed by atoms with Gasteiger partial charge in [-0.15, -0.1) is 0 Å². The normalized spacial score (nSPS) is 15.4. The molecule has 0 unspecified atom stereocenters. The van der Waals surface area contributed by atoms with Crippen LogP contribution in [0.25, 0.3) is 0 Å². The van der Waals surface area contributed by atoms with Crippen LogP contribution in [0, 0.1) is 5.82 Å². The van der Waals surface area contributed by atoms with Crippen LogP contribution < -0.4 is 4.74 Å².